The summed E-state index contributed by atoms with van der Waals surface area (Å²) in [6.45, 7) is 9.96. The van der Waals surface area contributed by atoms with Crippen LogP contribution in [0.2, 0.25) is 5.02 Å². The van der Waals surface area contributed by atoms with Crippen molar-refractivity contribution in [1.29, 1.82) is 0 Å². The van der Waals surface area contributed by atoms with Crippen LogP contribution in [0.4, 0.5) is 5.82 Å². The summed E-state index contributed by atoms with van der Waals surface area (Å²) >= 11 is 6.28. The average molecular weight is 307 g/mol. The Balaban J connectivity index is 2.26. The van der Waals surface area contributed by atoms with E-state index in [1.807, 2.05) is 16.8 Å². The summed E-state index contributed by atoms with van der Waals surface area (Å²) in [6, 6.07) is 3.81. The van der Waals surface area contributed by atoms with E-state index in [4.69, 9.17) is 11.6 Å². The van der Waals surface area contributed by atoms with Crippen molar-refractivity contribution in [2.24, 2.45) is 0 Å². The zero-order valence-corrected chi connectivity index (χ0v) is 14.0. The lowest BCUT2D eigenvalue weighted by molar-refractivity contribution is 0.646. The molecular weight excluding hydrogens is 284 g/mol. The fourth-order valence-electron chi connectivity index (χ4n) is 2.49. The summed E-state index contributed by atoms with van der Waals surface area (Å²) in [5.74, 6) is 0.869. The van der Waals surface area contributed by atoms with Gasteiger partial charge in [0.15, 0.2) is 0 Å². The van der Waals surface area contributed by atoms with Gasteiger partial charge in [0.1, 0.15) is 5.82 Å². The van der Waals surface area contributed by atoms with Gasteiger partial charge in [-0.3, -0.25) is 4.68 Å². The fraction of sp³-hybridized carbons (Fsp3) is 0.500. The van der Waals surface area contributed by atoms with Gasteiger partial charge >= 0.3 is 0 Å². The van der Waals surface area contributed by atoms with Crippen molar-refractivity contribution in [3.8, 4) is 0 Å². The molecule has 2 aromatic heterocycles. The van der Waals surface area contributed by atoms with Gasteiger partial charge in [-0.05, 0) is 44.4 Å². The molecule has 0 atom stereocenters. The van der Waals surface area contributed by atoms with Crippen molar-refractivity contribution < 1.29 is 0 Å². The maximum atomic E-state index is 6.28. The van der Waals surface area contributed by atoms with Crippen LogP contribution in [0.5, 0.6) is 0 Å². The monoisotopic (exact) mass is 306 g/mol. The van der Waals surface area contributed by atoms with E-state index in [0.29, 0.717) is 11.6 Å². The molecule has 0 aliphatic carbocycles. The standard InChI is InChI=1S/C16H23ClN4/c1-5-9-18-16-8-7-14(17)15(19-16)10-21-12(4)13(6-2)11(3)20-21/h7-8H,5-6,9-10H2,1-4H3,(H,18,19). The zero-order valence-electron chi connectivity index (χ0n) is 13.2. The first-order valence-electron chi connectivity index (χ1n) is 7.49. The minimum atomic E-state index is 0.604. The van der Waals surface area contributed by atoms with E-state index in [1.54, 1.807) is 0 Å². The maximum absolute atomic E-state index is 6.28. The Labute approximate surface area is 131 Å². The number of halogens is 1. The minimum Gasteiger partial charge on any atom is -0.370 e. The van der Waals surface area contributed by atoms with Gasteiger partial charge < -0.3 is 5.32 Å². The number of pyridine rings is 1. The topological polar surface area (TPSA) is 42.7 Å². The van der Waals surface area contributed by atoms with E-state index in [-0.39, 0.29) is 0 Å². The minimum absolute atomic E-state index is 0.604. The number of aryl methyl sites for hydroxylation is 1. The largest absolute Gasteiger partial charge is 0.370 e. The second-order valence-electron chi connectivity index (χ2n) is 5.21. The van der Waals surface area contributed by atoms with Crippen LogP contribution < -0.4 is 5.32 Å². The fourth-order valence-corrected chi connectivity index (χ4v) is 2.65. The third kappa shape index (κ3) is 3.56. The highest BCUT2D eigenvalue weighted by atomic mass is 35.5. The second kappa shape index (κ2) is 6.94. The van der Waals surface area contributed by atoms with Crippen LogP contribution in [0.15, 0.2) is 12.1 Å². The van der Waals surface area contributed by atoms with Gasteiger partial charge in [0.25, 0.3) is 0 Å². The molecular formula is C16H23ClN4. The Morgan fingerprint density at radius 2 is 2.00 bits per heavy atom. The van der Waals surface area contributed by atoms with Crippen LogP contribution in [0.3, 0.4) is 0 Å². The van der Waals surface area contributed by atoms with E-state index < -0.39 is 0 Å². The number of nitrogens with one attached hydrogen (secondary N) is 1. The van der Waals surface area contributed by atoms with E-state index in [0.717, 1.165) is 36.6 Å². The molecule has 21 heavy (non-hydrogen) atoms. The third-order valence-corrected chi connectivity index (χ3v) is 4.00. The molecule has 2 aromatic rings. The van der Waals surface area contributed by atoms with E-state index in [1.165, 1.54) is 11.3 Å². The highest BCUT2D eigenvalue weighted by Crippen LogP contribution is 2.20. The lowest BCUT2D eigenvalue weighted by Crippen LogP contribution is -2.09. The zero-order chi connectivity index (χ0) is 15.4. The van der Waals surface area contributed by atoms with Crippen molar-refractivity contribution in [3.63, 3.8) is 0 Å². The maximum Gasteiger partial charge on any atom is 0.126 e. The molecule has 0 fully saturated rings. The molecule has 1 N–H and O–H groups in total. The molecule has 0 radical (unpaired) electrons. The summed E-state index contributed by atoms with van der Waals surface area (Å²) in [7, 11) is 0. The summed E-state index contributed by atoms with van der Waals surface area (Å²) in [6.07, 6.45) is 2.06. The van der Waals surface area contributed by atoms with Gasteiger partial charge in [0, 0.05) is 12.2 Å². The van der Waals surface area contributed by atoms with E-state index in [9.17, 15) is 0 Å². The number of hydrogen-bond acceptors (Lipinski definition) is 3. The van der Waals surface area contributed by atoms with Crippen molar-refractivity contribution in [2.75, 3.05) is 11.9 Å². The van der Waals surface area contributed by atoms with Crippen molar-refractivity contribution in [1.82, 2.24) is 14.8 Å². The Kier molecular flexibility index (Phi) is 5.23. The third-order valence-electron chi connectivity index (χ3n) is 3.66. The molecule has 5 heteroatoms. The lowest BCUT2D eigenvalue weighted by Gasteiger charge is -2.10. The normalized spacial score (nSPS) is 10.9. The Bertz CT molecular complexity index is 619. The Hall–Kier alpha value is -1.55. The number of hydrogen-bond donors (Lipinski definition) is 1. The summed E-state index contributed by atoms with van der Waals surface area (Å²) in [5, 5.41) is 8.58. The van der Waals surface area contributed by atoms with Crippen LogP contribution in [-0.4, -0.2) is 21.3 Å². The summed E-state index contributed by atoms with van der Waals surface area (Å²) in [4.78, 5) is 4.61. The number of aromatic nitrogens is 3. The molecule has 0 unspecified atom stereocenters. The molecule has 0 saturated heterocycles. The Morgan fingerprint density at radius 1 is 1.24 bits per heavy atom. The molecule has 4 nitrogen and oxygen atoms in total. The van der Waals surface area contributed by atoms with Crippen LogP contribution in [0.25, 0.3) is 0 Å². The molecule has 0 bridgehead atoms. The van der Waals surface area contributed by atoms with Crippen LogP contribution >= 0.6 is 11.6 Å². The highest BCUT2D eigenvalue weighted by molar-refractivity contribution is 6.31. The van der Waals surface area contributed by atoms with E-state index >= 15 is 0 Å². The number of nitrogens with zero attached hydrogens (tertiary/aromatic N) is 3. The molecule has 2 heterocycles. The average Bonchev–Trinajstić information content (AvgIpc) is 2.73. The molecule has 0 spiro atoms. The van der Waals surface area contributed by atoms with Crippen LogP contribution in [-0.2, 0) is 13.0 Å². The first-order chi connectivity index (χ1) is 10.1. The van der Waals surface area contributed by atoms with E-state index in [2.05, 4.69) is 43.1 Å². The van der Waals surface area contributed by atoms with Crippen molar-refractivity contribution in [2.45, 2.75) is 47.1 Å². The van der Waals surface area contributed by atoms with Gasteiger partial charge in [-0.15, -0.1) is 0 Å². The van der Waals surface area contributed by atoms with Crippen LogP contribution in [0, 0.1) is 13.8 Å². The molecule has 2 rings (SSSR count). The molecule has 0 saturated carbocycles. The highest BCUT2D eigenvalue weighted by Gasteiger charge is 2.12. The lowest BCUT2D eigenvalue weighted by atomic mass is 10.1. The molecule has 0 amide bonds. The SMILES string of the molecule is CCCNc1ccc(Cl)c(Cn2nc(C)c(CC)c2C)n1. The van der Waals surface area contributed by atoms with Gasteiger partial charge in [-0.25, -0.2) is 4.98 Å². The number of rotatable bonds is 6. The number of anilines is 1. The first-order valence-corrected chi connectivity index (χ1v) is 7.86. The first kappa shape index (κ1) is 15.8. The Morgan fingerprint density at radius 3 is 2.62 bits per heavy atom. The van der Waals surface area contributed by atoms with Crippen molar-refractivity contribution >= 4 is 17.4 Å². The van der Waals surface area contributed by atoms with Gasteiger partial charge in [-0.1, -0.05) is 25.4 Å². The predicted molar refractivity (Wildman–Crippen MR) is 88.2 cm³/mol. The van der Waals surface area contributed by atoms with Gasteiger partial charge in [-0.2, -0.15) is 5.10 Å². The van der Waals surface area contributed by atoms with Crippen molar-refractivity contribution in [3.05, 3.63) is 39.8 Å². The second-order valence-corrected chi connectivity index (χ2v) is 5.62. The summed E-state index contributed by atoms with van der Waals surface area (Å²) < 4.78 is 1.99. The molecule has 114 valence electrons. The van der Waals surface area contributed by atoms with Gasteiger partial charge in [0.05, 0.1) is 23.0 Å². The predicted octanol–water partition coefficient (Wildman–Crippen LogP) is 3.98. The van der Waals surface area contributed by atoms with Gasteiger partial charge in [0.2, 0.25) is 0 Å². The van der Waals surface area contributed by atoms with Crippen LogP contribution in [0.1, 0.15) is 42.9 Å². The molecule has 0 aliphatic heterocycles. The summed E-state index contributed by atoms with van der Waals surface area (Å²) in [5.41, 5.74) is 4.45. The smallest absolute Gasteiger partial charge is 0.126 e. The molecule has 0 aromatic carbocycles. The quantitative estimate of drug-likeness (QED) is 0.877. The molecule has 0 aliphatic rings.